The summed E-state index contributed by atoms with van der Waals surface area (Å²) in [6.07, 6.45) is 0.157. The van der Waals surface area contributed by atoms with Crippen LogP contribution in [-0.4, -0.2) is 16.0 Å². The van der Waals surface area contributed by atoms with E-state index in [1.165, 1.54) is 0 Å². The minimum atomic E-state index is -0.134. The van der Waals surface area contributed by atoms with Crippen LogP contribution in [0, 0.1) is 13.8 Å². The van der Waals surface area contributed by atoms with E-state index in [0.29, 0.717) is 11.3 Å². The van der Waals surface area contributed by atoms with E-state index in [4.69, 9.17) is 9.51 Å². The van der Waals surface area contributed by atoms with E-state index in [1.807, 2.05) is 67.6 Å². The highest BCUT2D eigenvalue weighted by Gasteiger charge is 2.14. The standard InChI is InChI=1S/C26H21N3O2S/c1-16-8-13-23-21(14-16)22(29-31-23)15-24(30)27-20-11-9-18(10-12-20)25-17(2)32-26(28-25)19-6-4-3-5-7-19/h3-14H,15H2,1-2H3,(H,27,30). The van der Waals surface area contributed by atoms with Gasteiger partial charge in [-0.1, -0.05) is 59.3 Å². The zero-order valence-electron chi connectivity index (χ0n) is 17.8. The average molecular weight is 440 g/mol. The van der Waals surface area contributed by atoms with Crippen molar-refractivity contribution in [3.05, 3.63) is 88.9 Å². The van der Waals surface area contributed by atoms with Gasteiger partial charge in [-0.15, -0.1) is 11.3 Å². The summed E-state index contributed by atoms with van der Waals surface area (Å²) >= 11 is 1.68. The van der Waals surface area contributed by atoms with E-state index in [1.54, 1.807) is 11.3 Å². The molecule has 0 aliphatic heterocycles. The Kier molecular flexibility index (Phi) is 5.29. The fourth-order valence-corrected chi connectivity index (χ4v) is 4.61. The van der Waals surface area contributed by atoms with E-state index >= 15 is 0 Å². The Balaban J connectivity index is 1.30. The fourth-order valence-electron chi connectivity index (χ4n) is 3.67. The number of fused-ring (bicyclic) bond motifs is 1. The lowest BCUT2D eigenvalue weighted by Crippen LogP contribution is -2.14. The summed E-state index contributed by atoms with van der Waals surface area (Å²) in [7, 11) is 0. The molecule has 0 saturated heterocycles. The van der Waals surface area contributed by atoms with Crippen LogP contribution in [0.1, 0.15) is 16.1 Å². The topological polar surface area (TPSA) is 68.0 Å². The average Bonchev–Trinajstić information content (AvgIpc) is 3.38. The number of thiazole rings is 1. The van der Waals surface area contributed by atoms with Crippen molar-refractivity contribution in [1.29, 1.82) is 0 Å². The molecule has 0 atom stereocenters. The zero-order valence-corrected chi connectivity index (χ0v) is 18.6. The molecule has 0 aliphatic carbocycles. The monoisotopic (exact) mass is 439 g/mol. The number of aromatic nitrogens is 2. The third kappa shape index (κ3) is 4.05. The van der Waals surface area contributed by atoms with Crippen LogP contribution in [0.5, 0.6) is 0 Å². The third-order valence-corrected chi connectivity index (χ3v) is 6.31. The molecule has 5 rings (SSSR count). The van der Waals surface area contributed by atoms with Gasteiger partial charge in [0.1, 0.15) is 10.7 Å². The van der Waals surface area contributed by atoms with Crippen LogP contribution in [0.4, 0.5) is 5.69 Å². The van der Waals surface area contributed by atoms with Gasteiger partial charge >= 0.3 is 0 Å². The molecule has 0 bridgehead atoms. The van der Waals surface area contributed by atoms with Gasteiger partial charge in [0.05, 0.1) is 12.1 Å². The lowest BCUT2D eigenvalue weighted by atomic mass is 10.1. The minimum absolute atomic E-state index is 0.134. The molecule has 0 spiro atoms. The first-order valence-corrected chi connectivity index (χ1v) is 11.2. The fraction of sp³-hybridized carbons (Fsp3) is 0.115. The molecule has 0 fully saturated rings. The van der Waals surface area contributed by atoms with Crippen LogP contribution in [-0.2, 0) is 11.2 Å². The molecule has 5 nitrogen and oxygen atoms in total. The second-order valence-corrected chi connectivity index (χ2v) is 8.92. The van der Waals surface area contributed by atoms with Crippen LogP contribution >= 0.6 is 11.3 Å². The first kappa shape index (κ1) is 20.2. The van der Waals surface area contributed by atoms with Crippen molar-refractivity contribution in [2.75, 3.05) is 5.32 Å². The molecule has 1 N–H and O–H groups in total. The quantitative estimate of drug-likeness (QED) is 0.343. The maximum absolute atomic E-state index is 12.6. The van der Waals surface area contributed by atoms with Crippen LogP contribution < -0.4 is 5.32 Å². The van der Waals surface area contributed by atoms with Crippen LogP contribution in [0.3, 0.4) is 0 Å². The first-order chi connectivity index (χ1) is 15.6. The molecule has 1 amide bonds. The van der Waals surface area contributed by atoms with Gasteiger partial charge < -0.3 is 9.84 Å². The number of nitrogens with one attached hydrogen (secondary N) is 1. The van der Waals surface area contributed by atoms with E-state index < -0.39 is 0 Å². The second-order valence-electron chi connectivity index (χ2n) is 7.72. The van der Waals surface area contributed by atoms with Crippen molar-refractivity contribution in [3.63, 3.8) is 0 Å². The number of amides is 1. The molecule has 2 heterocycles. The van der Waals surface area contributed by atoms with Crippen molar-refractivity contribution in [3.8, 4) is 21.8 Å². The van der Waals surface area contributed by atoms with E-state index in [2.05, 4.69) is 29.5 Å². The lowest BCUT2D eigenvalue weighted by Gasteiger charge is -2.06. The van der Waals surface area contributed by atoms with E-state index in [-0.39, 0.29) is 12.3 Å². The molecule has 0 saturated carbocycles. The number of carbonyl (C=O) groups is 1. The largest absolute Gasteiger partial charge is 0.356 e. The molecule has 158 valence electrons. The van der Waals surface area contributed by atoms with E-state index in [9.17, 15) is 4.79 Å². The van der Waals surface area contributed by atoms with Crippen molar-refractivity contribution in [1.82, 2.24) is 10.1 Å². The van der Waals surface area contributed by atoms with Crippen molar-refractivity contribution in [2.24, 2.45) is 0 Å². The molecule has 6 heteroatoms. The van der Waals surface area contributed by atoms with Crippen LogP contribution in [0.25, 0.3) is 32.8 Å². The summed E-state index contributed by atoms with van der Waals surface area (Å²) in [4.78, 5) is 18.6. The Morgan fingerprint density at radius 2 is 1.75 bits per heavy atom. The normalized spacial score (nSPS) is 11.1. The summed E-state index contributed by atoms with van der Waals surface area (Å²) < 4.78 is 5.33. The van der Waals surface area contributed by atoms with Crippen molar-refractivity contribution < 1.29 is 9.32 Å². The molecular weight excluding hydrogens is 418 g/mol. The highest BCUT2D eigenvalue weighted by Crippen LogP contribution is 2.33. The number of rotatable bonds is 5. The number of hydrogen-bond donors (Lipinski definition) is 1. The molecule has 0 unspecified atom stereocenters. The summed E-state index contributed by atoms with van der Waals surface area (Å²) in [6.45, 7) is 4.09. The molecule has 32 heavy (non-hydrogen) atoms. The SMILES string of the molecule is Cc1ccc2onc(CC(=O)Nc3ccc(-c4nc(-c5ccccc5)sc4C)cc3)c2c1. The molecular formula is C26H21N3O2S. The Bertz CT molecular complexity index is 1400. The third-order valence-electron chi connectivity index (χ3n) is 5.29. The number of aryl methyl sites for hydroxylation is 2. The van der Waals surface area contributed by atoms with Gasteiger partial charge in [-0.25, -0.2) is 4.98 Å². The van der Waals surface area contributed by atoms with Gasteiger partial charge in [-0.05, 0) is 38.1 Å². The smallest absolute Gasteiger partial charge is 0.230 e. The van der Waals surface area contributed by atoms with Crippen molar-refractivity contribution in [2.45, 2.75) is 20.3 Å². The molecule has 0 aliphatic rings. The molecule has 5 aromatic rings. The van der Waals surface area contributed by atoms with Gasteiger partial charge in [0.25, 0.3) is 0 Å². The van der Waals surface area contributed by atoms with Crippen LogP contribution in [0.15, 0.2) is 77.3 Å². The van der Waals surface area contributed by atoms with Gasteiger partial charge in [0.2, 0.25) is 5.91 Å². The Morgan fingerprint density at radius 3 is 2.53 bits per heavy atom. The Morgan fingerprint density at radius 1 is 0.969 bits per heavy atom. The number of carbonyl (C=O) groups excluding carboxylic acids is 1. The number of anilines is 1. The van der Waals surface area contributed by atoms with E-state index in [0.717, 1.165) is 43.3 Å². The van der Waals surface area contributed by atoms with Gasteiger partial charge in [-0.3, -0.25) is 4.79 Å². The Labute approximate surface area is 189 Å². The molecule has 3 aromatic carbocycles. The number of hydrogen-bond acceptors (Lipinski definition) is 5. The maximum Gasteiger partial charge on any atom is 0.230 e. The van der Waals surface area contributed by atoms with Gasteiger partial charge in [0.15, 0.2) is 5.58 Å². The highest BCUT2D eigenvalue weighted by molar-refractivity contribution is 7.15. The van der Waals surface area contributed by atoms with Gasteiger partial charge in [0, 0.05) is 27.1 Å². The van der Waals surface area contributed by atoms with Crippen molar-refractivity contribution >= 4 is 33.9 Å². The number of nitrogens with zero attached hydrogens (tertiary/aromatic N) is 2. The zero-order chi connectivity index (χ0) is 22.1. The summed E-state index contributed by atoms with van der Waals surface area (Å²) in [5, 5.41) is 8.89. The first-order valence-electron chi connectivity index (χ1n) is 10.3. The summed E-state index contributed by atoms with van der Waals surface area (Å²) in [6, 6.07) is 23.8. The maximum atomic E-state index is 12.6. The summed E-state index contributed by atoms with van der Waals surface area (Å²) in [5.41, 5.74) is 6.28. The second kappa shape index (κ2) is 8.40. The summed E-state index contributed by atoms with van der Waals surface area (Å²) in [5.74, 6) is -0.134. The predicted octanol–water partition coefficient (Wildman–Crippen LogP) is 6.42. The van der Waals surface area contributed by atoms with Gasteiger partial charge in [-0.2, -0.15) is 0 Å². The lowest BCUT2D eigenvalue weighted by molar-refractivity contribution is -0.115. The number of benzene rings is 3. The minimum Gasteiger partial charge on any atom is -0.356 e. The highest BCUT2D eigenvalue weighted by atomic mass is 32.1. The van der Waals surface area contributed by atoms with Crippen LogP contribution in [0.2, 0.25) is 0 Å². The molecule has 0 radical (unpaired) electrons. The predicted molar refractivity (Wildman–Crippen MR) is 129 cm³/mol. The Hall–Kier alpha value is -3.77. The molecule has 2 aromatic heterocycles.